The second kappa shape index (κ2) is 10.0. The van der Waals surface area contributed by atoms with Crippen molar-refractivity contribution in [3.63, 3.8) is 0 Å². The molecule has 0 aromatic carbocycles. The Balaban J connectivity index is 2.16. The fraction of sp³-hybridized carbons (Fsp3) is 0.938. The molecule has 0 aromatic rings. The number of guanidine groups is 1. The number of likely N-dealkylation sites (N-methyl/N-ethyl adjacent to an activating group) is 1. The zero-order valence-electron chi connectivity index (χ0n) is 15.1. The molecular weight excluding hydrogens is 278 g/mol. The molecule has 22 heavy (non-hydrogen) atoms. The summed E-state index contributed by atoms with van der Waals surface area (Å²) in [5.41, 5.74) is -0.185. The lowest BCUT2D eigenvalue weighted by molar-refractivity contribution is 0.0268. The Hall–Kier alpha value is -0.850. The van der Waals surface area contributed by atoms with E-state index in [1.807, 2.05) is 0 Å². The number of nitrogens with one attached hydrogen (secondary N) is 2. The van der Waals surface area contributed by atoms with E-state index in [1.165, 1.54) is 32.6 Å². The van der Waals surface area contributed by atoms with E-state index in [0.29, 0.717) is 0 Å². The number of hydrogen-bond donors (Lipinski definition) is 2. The van der Waals surface area contributed by atoms with Crippen LogP contribution in [0.2, 0.25) is 0 Å². The largest absolute Gasteiger partial charge is 0.377 e. The highest BCUT2D eigenvalue weighted by atomic mass is 16.5. The molecule has 1 heterocycles. The van der Waals surface area contributed by atoms with Crippen molar-refractivity contribution in [3.05, 3.63) is 0 Å². The minimum atomic E-state index is -0.185. The molecule has 0 amide bonds. The maximum Gasteiger partial charge on any atom is 0.191 e. The summed E-state index contributed by atoms with van der Waals surface area (Å²) >= 11 is 0. The van der Waals surface area contributed by atoms with Crippen molar-refractivity contribution in [1.82, 2.24) is 20.4 Å². The molecule has 0 aliphatic carbocycles. The molecule has 1 rings (SSSR count). The van der Waals surface area contributed by atoms with E-state index >= 15 is 0 Å². The van der Waals surface area contributed by atoms with Gasteiger partial charge in [0.05, 0.1) is 5.60 Å². The molecule has 6 heteroatoms. The van der Waals surface area contributed by atoms with Crippen molar-refractivity contribution in [2.24, 2.45) is 4.99 Å². The van der Waals surface area contributed by atoms with Gasteiger partial charge in [-0.1, -0.05) is 0 Å². The van der Waals surface area contributed by atoms with Crippen LogP contribution in [0, 0.1) is 0 Å². The first-order valence-corrected chi connectivity index (χ1v) is 8.37. The van der Waals surface area contributed by atoms with Gasteiger partial charge in [-0.3, -0.25) is 4.99 Å². The van der Waals surface area contributed by atoms with Gasteiger partial charge in [-0.2, -0.15) is 0 Å². The molecule has 1 fully saturated rings. The molecule has 0 atom stereocenters. The zero-order chi connectivity index (χ0) is 16.4. The van der Waals surface area contributed by atoms with Crippen molar-refractivity contribution in [1.29, 1.82) is 0 Å². The second-order valence-corrected chi connectivity index (χ2v) is 6.67. The van der Waals surface area contributed by atoms with Gasteiger partial charge in [0, 0.05) is 40.3 Å². The highest BCUT2D eigenvalue weighted by Crippen LogP contribution is 2.04. The van der Waals surface area contributed by atoms with Gasteiger partial charge in [0.15, 0.2) is 5.96 Å². The number of rotatable bonds is 7. The van der Waals surface area contributed by atoms with Gasteiger partial charge >= 0.3 is 0 Å². The zero-order valence-corrected chi connectivity index (χ0v) is 15.1. The summed E-state index contributed by atoms with van der Waals surface area (Å²) in [6, 6.07) is 0. The van der Waals surface area contributed by atoms with Crippen LogP contribution in [0.4, 0.5) is 0 Å². The lowest BCUT2D eigenvalue weighted by Crippen LogP contribution is -2.45. The van der Waals surface area contributed by atoms with Gasteiger partial charge in [0.25, 0.3) is 0 Å². The Kier molecular flexibility index (Phi) is 8.75. The normalized spacial score (nSPS) is 19.0. The Labute approximate surface area is 136 Å². The maximum atomic E-state index is 5.40. The lowest BCUT2D eigenvalue weighted by atomic mass is 10.1. The molecule has 0 spiro atoms. The summed E-state index contributed by atoms with van der Waals surface area (Å²) in [6.07, 6.45) is 2.41. The summed E-state index contributed by atoms with van der Waals surface area (Å²) in [6.45, 7) is 11.8. The molecule has 1 saturated heterocycles. The van der Waals surface area contributed by atoms with Crippen LogP contribution in [0.25, 0.3) is 0 Å². The van der Waals surface area contributed by atoms with E-state index < -0.39 is 0 Å². The minimum Gasteiger partial charge on any atom is -0.377 e. The van der Waals surface area contributed by atoms with Crippen LogP contribution < -0.4 is 10.6 Å². The van der Waals surface area contributed by atoms with Crippen LogP contribution in [0.15, 0.2) is 4.99 Å². The van der Waals surface area contributed by atoms with Crippen molar-refractivity contribution in [2.45, 2.75) is 32.3 Å². The van der Waals surface area contributed by atoms with Gasteiger partial charge < -0.3 is 25.2 Å². The first kappa shape index (κ1) is 19.2. The predicted molar refractivity (Wildman–Crippen MR) is 93.6 cm³/mol. The smallest absolute Gasteiger partial charge is 0.191 e. The van der Waals surface area contributed by atoms with Gasteiger partial charge in [-0.05, 0) is 53.4 Å². The molecule has 1 aliphatic heterocycles. The number of methoxy groups -OCH3 is 1. The standard InChI is InChI=1S/C16H35N5O/c1-16(2,22-5)14-19-15(17-3)18-8-6-10-21-11-7-9-20(4)12-13-21/h6-14H2,1-5H3,(H2,17,18,19). The topological polar surface area (TPSA) is 52.1 Å². The first-order chi connectivity index (χ1) is 10.5. The summed E-state index contributed by atoms with van der Waals surface area (Å²) in [4.78, 5) is 9.24. The molecule has 0 bridgehead atoms. The Morgan fingerprint density at radius 1 is 1.18 bits per heavy atom. The second-order valence-electron chi connectivity index (χ2n) is 6.67. The van der Waals surface area contributed by atoms with Crippen LogP contribution in [0.1, 0.15) is 26.7 Å². The summed E-state index contributed by atoms with van der Waals surface area (Å²) in [5, 5.41) is 6.68. The Morgan fingerprint density at radius 3 is 2.64 bits per heavy atom. The van der Waals surface area contributed by atoms with Gasteiger partial charge in [0.1, 0.15) is 0 Å². The SMILES string of the molecule is CN=C(NCCCN1CCCN(C)CC1)NCC(C)(C)OC. The van der Waals surface area contributed by atoms with Crippen molar-refractivity contribution >= 4 is 5.96 Å². The molecule has 0 radical (unpaired) electrons. The maximum absolute atomic E-state index is 5.40. The lowest BCUT2D eigenvalue weighted by Gasteiger charge is -2.24. The fourth-order valence-electron chi connectivity index (χ4n) is 2.42. The van der Waals surface area contributed by atoms with Gasteiger partial charge in [-0.25, -0.2) is 0 Å². The van der Waals surface area contributed by atoms with E-state index in [4.69, 9.17) is 4.74 Å². The Morgan fingerprint density at radius 2 is 1.95 bits per heavy atom. The number of hydrogen-bond acceptors (Lipinski definition) is 4. The van der Waals surface area contributed by atoms with Crippen molar-refractivity contribution in [2.75, 3.05) is 67.0 Å². The van der Waals surface area contributed by atoms with Crippen LogP contribution in [0.3, 0.4) is 0 Å². The first-order valence-electron chi connectivity index (χ1n) is 8.37. The van der Waals surface area contributed by atoms with Gasteiger partial charge in [0.2, 0.25) is 0 Å². The van der Waals surface area contributed by atoms with Crippen LogP contribution in [0.5, 0.6) is 0 Å². The number of aliphatic imine (C=N–C) groups is 1. The third-order valence-electron chi connectivity index (χ3n) is 4.21. The highest BCUT2D eigenvalue weighted by molar-refractivity contribution is 5.79. The van der Waals surface area contributed by atoms with Crippen molar-refractivity contribution < 1.29 is 4.74 Å². The number of nitrogens with zero attached hydrogens (tertiary/aromatic N) is 3. The predicted octanol–water partition coefficient (Wildman–Crippen LogP) is 0.604. The highest BCUT2D eigenvalue weighted by Gasteiger charge is 2.16. The van der Waals surface area contributed by atoms with E-state index in [-0.39, 0.29) is 5.60 Å². The summed E-state index contributed by atoms with van der Waals surface area (Å²) < 4.78 is 5.40. The minimum absolute atomic E-state index is 0.185. The average molecular weight is 313 g/mol. The average Bonchev–Trinajstić information content (AvgIpc) is 2.71. The molecule has 0 saturated carbocycles. The molecule has 2 N–H and O–H groups in total. The van der Waals surface area contributed by atoms with Crippen LogP contribution >= 0.6 is 0 Å². The molecule has 130 valence electrons. The summed E-state index contributed by atoms with van der Waals surface area (Å²) in [5.74, 6) is 0.848. The molecule has 0 unspecified atom stereocenters. The summed E-state index contributed by atoms with van der Waals surface area (Å²) in [7, 11) is 5.75. The van der Waals surface area contributed by atoms with E-state index in [0.717, 1.165) is 32.0 Å². The molecule has 1 aliphatic rings. The monoisotopic (exact) mass is 313 g/mol. The fourth-order valence-corrected chi connectivity index (χ4v) is 2.42. The Bertz CT molecular complexity index is 332. The number of ether oxygens (including phenoxy) is 1. The molecule has 6 nitrogen and oxygen atoms in total. The van der Waals surface area contributed by atoms with Crippen molar-refractivity contribution in [3.8, 4) is 0 Å². The quantitative estimate of drug-likeness (QED) is 0.410. The molecule has 0 aromatic heterocycles. The third-order valence-corrected chi connectivity index (χ3v) is 4.21. The van der Waals surface area contributed by atoms with Crippen LogP contribution in [-0.4, -0.2) is 88.4 Å². The van der Waals surface area contributed by atoms with E-state index in [1.54, 1.807) is 14.2 Å². The van der Waals surface area contributed by atoms with E-state index in [2.05, 4.69) is 46.3 Å². The van der Waals surface area contributed by atoms with Gasteiger partial charge in [-0.15, -0.1) is 0 Å². The van der Waals surface area contributed by atoms with Crippen LogP contribution in [-0.2, 0) is 4.74 Å². The third kappa shape index (κ3) is 7.96. The molecular formula is C16H35N5O. The van der Waals surface area contributed by atoms with E-state index in [9.17, 15) is 0 Å².